The molecule has 1 N–H and O–H groups in total. The van der Waals surface area contributed by atoms with E-state index in [9.17, 15) is 9.59 Å². The van der Waals surface area contributed by atoms with Crippen molar-refractivity contribution < 1.29 is 19.1 Å². The number of pyridine rings is 1. The second-order valence-corrected chi connectivity index (χ2v) is 8.87. The van der Waals surface area contributed by atoms with Gasteiger partial charge in [0.2, 0.25) is 0 Å². The predicted molar refractivity (Wildman–Crippen MR) is 122 cm³/mol. The van der Waals surface area contributed by atoms with Crippen LogP contribution in [0.15, 0.2) is 36.7 Å². The summed E-state index contributed by atoms with van der Waals surface area (Å²) >= 11 is 0. The first-order chi connectivity index (χ1) is 15.2. The summed E-state index contributed by atoms with van der Waals surface area (Å²) in [6.07, 6.45) is 3.56. The van der Waals surface area contributed by atoms with Crippen molar-refractivity contribution in [3.63, 3.8) is 0 Å². The van der Waals surface area contributed by atoms with E-state index in [1.165, 1.54) is 0 Å². The average Bonchev–Trinajstić information content (AvgIpc) is 3.05. The first-order valence-electron chi connectivity index (χ1n) is 10.6. The van der Waals surface area contributed by atoms with Gasteiger partial charge >= 0.3 is 6.09 Å². The van der Waals surface area contributed by atoms with Crippen LogP contribution in [0.3, 0.4) is 0 Å². The number of carbonyl (C=O) groups excluding carboxylic acids is 2. The molecular formula is C24H28N4O4. The maximum atomic E-state index is 13.2. The van der Waals surface area contributed by atoms with Crippen molar-refractivity contribution >= 4 is 28.6 Å². The molecule has 0 fully saturated rings. The van der Waals surface area contributed by atoms with Crippen molar-refractivity contribution in [2.75, 3.05) is 19.0 Å². The van der Waals surface area contributed by atoms with Crippen molar-refractivity contribution in [3.8, 4) is 5.75 Å². The number of amides is 2. The number of rotatable bonds is 3. The van der Waals surface area contributed by atoms with E-state index in [0.717, 1.165) is 22.2 Å². The third-order valence-electron chi connectivity index (χ3n) is 5.55. The summed E-state index contributed by atoms with van der Waals surface area (Å²) in [7, 11) is 3.59. The van der Waals surface area contributed by atoms with Crippen molar-refractivity contribution in [3.05, 3.63) is 53.5 Å². The van der Waals surface area contributed by atoms with Gasteiger partial charge < -0.3 is 24.3 Å². The Labute approximate surface area is 187 Å². The maximum absolute atomic E-state index is 13.2. The first kappa shape index (κ1) is 21.7. The zero-order valence-corrected chi connectivity index (χ0v) is 19.1. The smallest absolute Gasteiger partial charge is 0.410 e. The fourth-order valence-electron chi connectivity index (χ4n) is 4.16. The first-order valence-corrected chi connectivity index (χ1v) is 10.6. The Bertz CT molecular complexity index is 1180. The Hall–Kier alpha value is -3.55. The van der Waals surface area contributed by atoms with Crippen LogP contribution in [0.25, 0.3) is 10.9 Å². The van der Waals surface area contributed by atoms with Crippen LogP contribution in [0.2, 0.25) is 0 Å². The molecule has 0 unspecified atom stereocenters. The number of hydrogen-bond donors (Lipinski definition) is 1. The summed E-state index contributed by atoms with van der Waals surface area (Å²) < 4.78 is 13.3. The van der Waals surface area contributed by atoms with Gasteiger partial charge in [-0.3, -0.25) is 9.78 Å². The molecule has 0 radical (unpaired) electrons. The number of aryl methyl sites for hydroxylation is 1. The highest BCUT2D eigenvalue weighted by Crippen LogP contribution is 2.38. The minimum atomic E-state index is -0.574. The molecule has 2 amide bonds. The molecule has 1 aromatic carbocycles. The number of aromatic nitrogens is 2. The second-order valence-electron chi connectivity index (χ2n) is 8.87. The lowest BCUT2D eigenvalue weighted by atomic mass is 10.00. The summed E-state index contributed by atoms with van der Waals surface area (Å²) in [6, 6.07) is 7.05. The molecule has 168 valence electrons. The lowest BCUT2D eigenvalue weighted by Crippen LogP contribution is -2.40. The SMILES string of the molecule is COc1ccc(C(=O)Nc2ccncc2)c2c3c(n(C)c12)CCN(C(=O)OC(C)(C)C)C3. The zero-order valence-electron chi connectivity index (χ0n) is 19.1. The monoisotopic (exact) mass is 436 g/mol. The molecular weight excluding hydrogens is 408 g/mol. The Morgan fingerprint density at radius 3 is 2.50 bits per heavy atom. The molecule has 8 nitrogen and oxygen atoms in total. The number of nitrogens with zero attached hydrogens (tertiary/aromatic N) is 3. The number of benzene rings is 1. The fraction of sp³-hybridized carbons (Fsp3) is 0.375. The molecule has 4 rings (SSSR count). The number of anilines is 1. The summed E-state index contributed by atoms with van der Waals surface area (Å²) in [5.41, 5.74) is 3.48. The summed E-state index contributed by atoms with van der Waals surface area (Å²) in [4.78, 5) is 31.7. The van der Waals surface area contributed by atoms with Crippen molar-refractivity contribution in [2.45, 2.75) is 39.3 Å². The molecule has 0 spiro atoms. The van der Waals surface area contributed by atoms with Gasteiger partial charge in [-0.05, 0) is 45.0 Å². The Morgan fingerprint density at radius 2 is 1.84 bits per heavy atom. The Balaban J connectivity index is 1.79. The van der Waals surface area contributed by atoms with E-state index < -0.39 is 5.60 Å². The molecule has 8 heteroatoms. The van der Waals surface area contributed by atoms with E-state index in [2.05, 4.69) is 14.9 Å². The highest BCUT2D eigenvalue weighted by molar-refractivity contribution is 6.14. The summed E-state index contributed by atoms with van der Waals surface area (Å²) in [5, 5.41) is 3.73. The average molecular weight is 437 g/mol. The minimum Gasteiger partial charge on any atom is -0.495 e. The molecule has 0 aliphatic carbocycles. The van der Waals surface area contributed by atoms with Gasteiger partial charge in [0.25, 0.3) is 5.91 Å². The minimum absolute atomic E-state index is 0.230. The van der Waals surface area contributed by atoms with Gasteiger partial charge in [-0.1, -0.05) is 0 Å². The lowest BCUT2D eigenvalue weighted by molar-refractivity contribution is 0.0223. The molecule has 3 aromatic rings. The summed E-state index contributed by atoms with van der Waals surface area (Å²) in [6.45, 7) is 6.47. The van der Waals surface area contributed by atoms with Gasteiger partial charge in [-0.2, -0.15) is 0 Å². The van der Waals surface area contributed by atoms with Gasteiger partial charge in [-0.15, -0.1) is 0 Å². The molecule has 0 saturated carbocycles. The Morgan fingerprint density at radius 1 is 1.12 bits per heavy atom. The van der Waals surface area contributed by atoms with Crippen LogP contribution in [-0.2, 0) is 24.8 Å². The summed E-state index contributed by atoms with van der Waals surface area (Å²) in [5.74, 6) is 0.452. The van der Waals surface area contributed by atoms with Crippen LogP contribution >= 0.6 is 0 Å². The molecule has 2 aromatic heterocycles. The molecule has 3 heterocycles. The van der Waals surface area contributed by atoms with Gasteiger partial charge in [0.05, 0.1) is 19.2 Å². The highest BCUT2D eigenvalue weighted by Gasteiger charge is 2.31. The highest BCUT2D eigenvalue weighted by atomic mass is 16.6. The zero-order chi connectivity index (χ0) is 23.0. The van der Waals surface area contributed by atoms with Crippen molar-refractivity contribution in [1.29, 1.82) is 0 Å². The van der Waals surface area contributed by atoms with Crippen molar-refractivity contribution in [2.24, 2.45) is 7.05 Å². The van der Waals surface area contributed by atoms with Crippen LogP contribution in [-0.4, -0.2) is 45.7 Å². The van der Waals surface area contributed by atoms with Gasteiger partial charge in [0, 0.05) is 60.3 Å². The van der Waals surface area contributed by atoms with Crippen LogP contribution in [0.4, 0.5) is 10.5 Å². The van der Waals surface area contributed by atoms with E-state index in [1.807, 2.05) is 27.8 Å². The fourth-order valence-corrected chi connectivity index (χ4v) is 4.16. The van der Waals surface area contributed by atoms with E-state index in [1.54, 1.807) is 48.7 Å². The van der Waals surface area contributed by atoms with Crippen LogP contribution in [0.1, 0.15) is 42.4 Å². The van der Waals surface area contributed by atoms with Gasteiger partial charge in [-0.25, -0.2) is 4.79 Å². The quantitative estimate of drug-likeness (QED) is 0.667. The molecule has 0 atom stereocenters. The van der Waals surface area contributed by atoms with Gasteiger partial charge in [0.1, 0.15) is 11.4 Å². The number of carbonyl (C=O) groups is 2. The van der Waals surface area contributed by atoms with Crippen LogP contribution in [0.5, 0.6) is 5.75 Å². The topological polar surface area (TPSA) is 85.7 Å². The molecule has 0 saturated heterocycles. The normalized spacial score (nSPS) is 13.6. The third kappa shape index (κ3) is 4.00. The standard InChI is InChI=1S/C24H28N4O4/c1-24(2,3)32-23(30)28-13-10-18-17(14-28)20-16(6-7-19(31-5)21(20)27(18)4)22(29)26-15-8-11-25-12-9-15/h6-9,11-12H,10,13-14H2,1-5H3,(H,25,26,29). The van der Waals surface area contributed by atoms with Crippen LogP contribution < -0.4 is 10.1 Å². The van der Waals surface area contributed by atoms with E-state index in [4.69, 9.17) is 9.47 Å². The molecule has 32 heavy (non-hydrogen) atoms. The maximum Gasteiger partial charge on any atom is 0.410 e. The van der Waals surface area contributed by atoms with Crippen LogP contribution in [0, 0.1) is 0 Å². The van der Waals surface area contributed by atoms with Crippen molar-refractivity contribution in [1.82, 2.24) is 14.5 Å². The van der Waals surface area contributed by atoms with Gasteiger partial charge in [0.15, 0.2) is 0 Å². The second kappa shape index (κ2) is 8.18. The molecule has 1 aliphatic rings. The molecule has 0 bridgehead atoms. The number of nitrogens with one attached hydrogen (secondary N) is 1. The number of hydrogen-bond acceptors (Lipinski definition) is 5. The lowest BCUT2D eigenvalue weighted by Gasteiger charge is -2.30. The van der Waals surface area contributed by atoms with E-state index in [0.29, 0.717) is 36.5 Å². The van der Waals surface area contributed by atoms with E-state index >= 15 is 0 Å². The molecule has 1 aliphatic heterocycles. The predicted octanol–water partition coefficient (Wildman–Crippen LogP) is 4.13. The number of methoxy groups -OCH3 is 1. The number of ether oxygens (including phenoxy) is 2. The third-order valence-corrected chi connectivity index (χ3v) is 5.55. The largest absolute Gasteiger partial charge is 0.495 e. The number of fused-ring (bicyclic) bond motifs is 3. The Kier molecular flexibility index (Phi) is 5.54. The van der Waals surface area contributed by atoms with E-state index in [-0.39, 0.29) is 12.0 Å².